The Hall–Kier alpha value is -0.370. The molecule has 0 aromatic heterocycles. The zero-order valence-electron chi connectivity index (χ0n) is 9.34. The van der Waals surface area contributed by atoms with Gasteiger partial charge >= 0.3 is 0 Å². The fourth-order valence-corrected chi connectivity index (χ4v) is 2.33. The second kappa shape index (κ2) is 6.26. The maximum atomic E-state index is 13.5. The van der Waals surface area contributed by atoms with Crippen molar-refractivity contribution in [2.75, 3.05) is 5.33 Å². The molecule has 0 spiro atoms. The van der Waals surface area contributed by atoms with Crippen LogP contribution in [-0.4, -0.2) is 5.33 Å². The first-order valence-corrected chi connectivity index (χ1v) is 6.57. The summed E-state index contributed by atoms with van der Waals surface area (Å²) in [5.74, 6) is 0.901. The van der Waals surface area contributed by atoms with Crippen molar-refractivity contribution in [3.8, 4) is 0 Å². The summed E-state index contributed by atoms with van der Waals surface area (Å²) in [5, 5.41) is 0.834. The molecule has 1 aromatic carbocycles. The van der Waals surface area contributed by atoms with Crippen LogP contribution in [0.15, 0.2) is 24.3 Å². The number of hydrogen-bond donors (Lipinski definition) is 0. The highest BCUT2D eigenvalue weighted by Gasteiger charge is 2.14. The SMILES string of the molecule is CC(C)CCC(CBr)c1ccccc1F. The van der Waals surface area contributed by atoms with Crippen LogP contribution in [0, 0.1) is 11.7 Å². The third-order valence-corrected chi connectivity index (χ3v) is 3.41. The third kappa shape index (κ3) is 3.94. The molecule has 0 radical (unpaired) electrons. The summed E-state index contributed by atoms with van der Waals surface area (Å²) in [6.45, 7) is 4.40. The lowest BCUT2D eigenvalue weighted by molar-refractivity contribution is 0.505. The van der Waals surface area contributed by atoms with Crippen molar-refractivity contribution in [2.24, 2.45) is 5.92 Å². The Kier molecular flexibility index (Phi) is 5.30. The maximum Gasteiger partial charge on any atom is 0.126 e. The molecule has 15 heavy (non-hydrogen) atoms. The quantitative estimate of drug-likeness (QED) is 0.680. The third-order valence-electron chi connectivity index (χ3n) is 2.62. The summed E-state index contributed by atoms with van der Waals surface area (Å²) in [7, 11) is 0. The Labute approximate surface area is 100 Å². The van der Waals surface area contributed by atoms with Crippen LogP contribution in [0.25, 0.3) is 0 Å². The summed E-state index contributed by atoms with van der Waals surface area (Å²) in [4.78, 5) is 0. The first-order chi connectivity index (χ1) is 7.15. The molecule has 84 valence electrons. The van der Waals surface area contributed by atoms with Crippen molar-refractivity contribution in [2.45, 2.75) is 32.6 Å². The molecule has 0 bridgehead atoms. The zero-order valence-corrected chi connectivity index (χ0v) is 10.9. The Bertz CT molecular complexity index is 296. The van der Waals surface area contributed by atoms with E-state index in [1.54, 1.807) is 12.1 Å². The molecule has 0 amide bonds. The smallest absolute Gasteiger partial charge is 0.126 e. The number of hydrogen-bond acceptors (Lipinski definition) is 0. The highest BCUT2D eigenvalue weighted by atomic mass is 79.9. The maximum absolute atomic E-state index is 13.5. The summed E-state index contributed by atoms with van der Waals surface area (Å²) in [5.41, 5.74) is 0.843. The summed E-state index contributed by atoms with van der Waals surface area (Å²) < 4.78 is 13.5. The Morgan fingerprint density at radius 1 is 1.20 bits per heavy atom. The van der Waals surface area contributed by atoms with E-state index in [2.05, 4.69) is 29.8 Å². The number of rotatable bonds is 5. The van der Waals surface area contributed by atoms with E-state index < -0.39 is 0 Å². The van der Waals surface area contributed by atoms with Gasteiger partial charge in [0.2, 0.25) is 0 Å². The molecule has 1 aromatic rings. The topological polar surface area (TPSA) is 0 Å². The largest absolute Gasteiger partial charge is 0.207 e. The number of halogens is 2. The van der Waals surface area contributed by atoms with E-state index in [-0.39, 0.29) is 5.82 Å². The van der Waals surface area contributed by atoms with Crippen LogP contribution in [-0.2, 0) is 0 Å². The van der Waals surface area contributed by atoms with Gasteiger partial charge in [0.05, 0.1) is 0 Å². The van der Waals surface area contributed by atoms with Gasteiger partial charge in [0.15, 0.2) is 0 Å². The van der Waals surface area contributed by atoms with Crippen molar-refractivity contribution >= 4 is 15.9 Å². The van der Waals surface area contributed by atoms with Gasteiger partial charge in [-0.2, -0.15) is 0 Å². The first-order valence-electron chi connectivity index (χ1n) is 5.45. The van der Waals surface area contributed by atoms with Crippen LogP contribution in [0.3, 0.4) is 0 Å². The minimum Gasteiger partial charge on any atom is -0.207 e. The average Bonchev–Trinajstić information content (AvgIpc) is 2.21. The lowest BCUT2D eigenvalue weighted by Crippen LogP contribution is -2.04. The molecule has 1 unspecified atom stereocenters. The van der Waals surface area contributed by atoms with Gasteiger partial charge in [0, 0.05) is 5.33 Å². The van der Waals surface area contributed by atoms with Crippen molar-refractivity contribution in [3.63, 3.8) is 0 Å². The summed E-state index contributed by atoms with van der Waals surface area (Å²) in [6, 6.07) is 7.08. The van der Waals surface area contributed by atoms with Gasteiger partial charge in [-0.25, -0.2) is 4.39 Å². The van der Waals surface area contributed by atoms with Gasteiger partial charge in [-0.15, -0.1) is 0 Å². The Morgan fingerprint density at radius 2 is 1.87 bits per heavy atom. The molecule has 0 aliphatic rings. The van der Waals surface area contributed by atoms with E-state index in [4.69, 9.17) is 0 Å². The molecule has 0 N–H and O–H groups in total. The van der Waals surface area contributed by atoms with Crippen LogP contribution in [0.4, 0.5) is 4.39 Å². The predicted octanol–water partition coefficient (Wildman–Crippen LogP) is 4.74. The van der Waals surface area contributed by atoms with Crippen molar-refractivity contribution in [1.82, 2.24) is 0 Å². The molecule has 0 aliphatic heterocycles. The van der Waals surface area contributed by atoms with Crippen LogP contribution >= 0.6 is 15.9 Å². The van der Waals surface area contributed by atoms with E-state index in [1.165, 1.54) is 0 Å². The Balaban J connectivity index is 2.70. The second-order valence-corrected chi connectivity index (χ2v) is 4.99. The molecule has 0 saturated carbocycles. The van der Waals surface area contributed by atoms with Crippen LogP contribution in [0.2, 0.25) is 0 Å². The average molecular weight is 273 g/mol. The van der Waals surface area contributed by atoms with Crippen LogP contribution < -0.4 is 0 Å². The molecule has 2 heteroatoms. The van der Waals surface area contributed by atoms with E-state index in [0.29, 0.717) is 11.8 Å². The molecular weight excluding hydrogens is 255 g/mol. The molecule has 0 fully saturated rings. The number of benzene rings is 1. The van der Waals surface area contributed by atoms with Crippen molar-refractivity contribution < 1.29 is 4.39 Å². The normalized spacial score (nSPS) is 13.1. The van der Waals surface area contributed by atoms with Crippen molar-refractivity contribution in [1.29, 1.82) is 0 Å². The molecule has 1 atom stereocenters. The second-order valence-electron chi connectivity index (χ2n) is 4.34. The van der Waals surface area contributed by atoms with Gasteiger partial charge in [-0.3, -0.25) is 0 Å². The van der Waals surface area contributed by atoms with Crippen LogP contribution in [0.5, 0.6) is 0 Å². The molecular formula is C13H18BrF. The molecule has 0 saturated heterocycles. The highest BCUT2D eigenvalue weighted by molar-refractivity contribution is 9.09. The minimum atomic E-state index is -0.0780. The molecule has 0 heterocycles. The fourth-order valence-electron chi connectivity index (χ4n) is 1.66. The van der Waals surface area contributed by atoms with E-state index in [9.17, 15) is 4.39 Å². The summed E-state index contributed by atoms with van der Waals surface area (Å²) >= 11 is 3.47. The minimum absolute atomic E-state index is 0.0780. The van der Waals surface area contributed by atoms with E-state index in [1.807, 2.05) is 12.1 Å². The predicted molar refractivity (Wildman–Crippen MR) is 67.0 cm³/mol. The first kappa shape index (κ1) is 12.7. The fraction of sp³-hybridized carbons (Fsp3) is 0.538. The van der Waals surface area contributed by atoms with E-state index >= 15 is 0 Å². The van der Waals surface area contributed by atoms with E-state index in [0.717, 1.165) is 23.7 Å². The molecule has 0 aliphatic carbocycles. The molecule has 1 rings (SSSR count). The molecule has 0 nitrogen and oxygen atoms in total. The van der Waals surface area contributed by atoms with Crippen molar-refractivity contribution in [3.05, 3.63) is 35.6 Å². The monoisotopic (exact) mass is 272 g/mol. The standard InChI is InChI=1S/C13H18BrF/c1-10(2)7-8-11(9-14)12-5-3-4-6-13(12)15/h3-6,10-11H,7-9H2,1-2H3. The Morgan fingerprint density at radius 3 is 2.40 bits per heavy atom. The lowest BCUT2D eigenvalue weighted by atomic mass is 9.93. The van der Waals surface area contributed by atoms with Gasteiger partial charge in [0.25, 0.3) is 0 Å². The summed E-state index contributed by atoms with van der Waals surface area (Å²) in [6.07, 6.45) is 2.19. The lowest BCUT2D eigenvalue weighted by Gasteiger charge is -2.16. The van der Waals surface area contributed by atoms with Gasteiger partial charge < -0.3 is 0 Å². The van der Waals surface area contributed by atoms with Gasteiger partial charge in [-0.05, 0) is 29.9 Å². The van der Waals surface area contributed by atoms with Gasteiger partial charge in [0.1, 0.15) is 5.82 Å². The zero-order chi connectivity index (χ0) is 11.3. The highest BCUT2D eigenvalue weighted by Crippen LogP contribution is 2.27. The number of alkyl halides is 1. The van der Waals surface area contributed by atoms with Crippen LogP contribution in [0.1, 0.15) is 38.2 Å². The van der Waals surface area contributed by atoms with Gasteiger partial charge in [-0.1, -0.05) is 54.4 Å².